The molecule has 2 heterocycles. The van der Waals surface area contributed by atoms with Crippen LogP contribution in [-0.4, -0.2) is 32.2 Å². The number of rotatable bonds is 3. The Balaban J connectivity index is 1.69. The maximum Gasteiger partial charge on any atom is 0.267 e. The molecule has 0 radical (unpaired) electrons. The molecule has 134 valence electrons. The first-order valence-electron chi connectivity index (χ1n) is 8.87. The molecule has 0 spiro atoms. The molecule has 2 aromatic rings. The van der Waals surface area contributed by atoms with Crippen LogP contribution in [0.25, 0.3) is 6.08 Å². The van der Waals surface area contributed by atoms with E-state index in [2.05, 4.69) is 15.2 Å². The molecule has 7 heteroatoms. The fourth-order valence-electron chi connectivity index (χ4n) is 3.34. The lowest BCUT2D eigenvalue weighted by atomic mass is 9.94. The Morgan fingerprint density at radius 1 is 1.15 bits per heavy atom. The van der Waals surface area contributed by atoms with E-state index in [1.54, 1.807) is 0 Å². The van der Waals surface area contributed by atoms with Crippen molar-refractivity contribution in [3.05, 3.63) is 45.8 Å². The Hall–Kier alpha value is -1.99. The summed E-state index contributed by atoms with van der Waals surface area (Å²) in [4.78, 5) is 20.4. The second-order valence-corrected chi connectivity index (χ2v) is 8.66. The highest BCUT2D eigenvalue weighted by atomic mass is 32.2. The number of thioether (sulfide) groups is 1. The molecule has 4 rings (SSSR count). The standard InChI is InChI=1S/C19H20N4OS2/c1-13-21-22-18(25-13)20-19-23(15-10-6-3-7-11-15)17(24)16(26-19)12-14-8-4-2-5-9-14/h2,4-5,8-9,12,15H,3,6-7,10-11H2,1H3/b16-12-,20-19+. The van der Waals surface area contributed by atoms with Crippen molar-refractivity contribution in [1.82, 2.24) is 15.1 Å². The predicted octanol–water partition coefficient (Wildman–Crippen LogP) is 4.78. The van der Waals surface area contributed by atoms with Crippen LogP contribution in [-0.2, 0) is 4.79 Å². The fourth-order valence-corrected chi connectivity index (χ4v) is 5.00. The minimum Gasteiger partial charge on any atom is -0.283 e. The minimum absolute atomic E-state index is 0.0609. The first-order valence-corrected chi connectivity index (χ1v) is 10.5. The van der Waals surface area contributed by atoms with Gasteiger partial charge in [0.2, 0.25) is 5.13 Å². The number of hydrogen-bond donors (Lipinski definition) is 0. The molecule has 1 amide bonds. The average Bonchev–Trinajstić information content (AvgIpc) is 3.20. The Kier molecular flexibility index (Phi) is 5.17. The van der Waals surface area contributed by atoms with Crippen LogP contribution < -0.4 is 0 Å². The van der Waals surface area contributed by atoms with Crippen LogP contribution >= 0.6 is 23.1 Å². The molecule has 0 unspecified atom stereocenters. The smallest absolute Gasteiger partial charge is 0.267 e. The molecular weight excluding hydrogens is 364 g/mol. The highest BCUT2D eigenvalue weighted by Gasteiger charge is 2.38. The van der Waals surface area contributed by atoms with Gasteiger partial charge >= 0.3 is 0 Å². The fraction of sp³-hybridized carbons (Fsp3) is 0.368. The summed E-state index contributed by atoms with van der Waals surface area (Å²) in [7, 11) is 0. The van der Waals surface area contributed by atoms with Crippen molar-refractivity contribution in [3.8, 4) is 0 Å². The zero-order valence-corrected chi connectivity index (χ0v) is 16.2. The lowest BCUT2D eigenvalue weighted by Gasteiger charge is -2.30. The van der Waals surface area contributed by atoms with E-state index in [0.29, 0.717) is 5.13 Å². The van der Waals surface area contributed by atoms with Crippen LogP contribution in [0.4, 0.5) is 5.13 Å². The maximum atomic E-state index is 13.1. The van der Waals surface area contributed by atoms with Gasteiger partial charge in [-0.2, -0.15) is 4.99 Å². The number of benzene rings is 1. The number of aryl methyl sites for hydroxylation is 1. The van der Waals surface area contributed by atoms with E-state index >= 15 is 0 Å². The number of hydrogen-bond acceptors (Lipinski definition) is 6. The van der Waals surface area contributed by atoms with Crippen LogP contribution in [0, 0.1) is 6.92 Å². The largest absolute Gasteiger partial charge is 0.283 e. The van der Waals surface area contributed by atoms with Crippen molar-refractivity contribution >= 4 is 45.4 Å². The number of carbonyl (C=O) groups excluding carboxylic acids is 1. The first-order chi connectivity index (χ1) is 12.7. The van der Waals surface area contributed by atoms with Gasteiger partial charge in [0.05, 0.1) is 4.91 Å². The summed E-state index contributed by atoms with van der Waals surface area (Å²) in [6, 6.07) is 10.2. The van der Waals surface area contributed by atoms with Crippen molar-refractivity contribution in [1.29, 1.82) is 0 Å². The van der Waals surface area contributed by atoms with Gasteiger partial charge in [0.25, 0.3) is 5.91 Å². The van der Waals surface area contributed by atoms with Gasteiger partial charge in [0.1, 0.15) is 5.01 Å². The minimum atomic E-state index is 0.0609. The van der Waals surface area contributed by atoms with E-state index in [1.807, 2.05) is 48.2 Å². The van der Waals surface area contributed by atoms with Crippen LogP contribution in [0.3, 0.4) is 0 Å². The molecule has 0 bridgehead atoms. The van der Waals surface area contributed by atoms with Gasteiger partial charge in [-0.3, -0.25) is 9.69 Å². The number of carbonyl (C=O) groups is 1. The summed E-state index contributed by atoms with van der Waals surface area (Å²) in [6.07, 6.45) is 7.62. The average molecular weight is 385 g/mol. The van der Waals surface area contributed by atoms with E-state index in [9.17, 15) is 4.79 Å². The van der Waals surface area contributed by atoms with Crippen molar-refractivity contribution in [2.24, 2.45) is 4.99 Å². The molecule has 2 fully saturated rings. The third-order valence-electron chi connectivity index (χ3n) is 4.58. The number of nitrogens with zero attached hydrogens (tertiary/aromatic N) is 4. The van der Waals surface area contributed by atoms with E-state index in [1.165, 1.54) is 42.4 Å². The molecule has 2 aliphatic rings. The van der Waals surface area contributed by atoms with Crippen LogP contribution in [0.5, 0.6) is 0 Å². The van der Waals surface area contributed by atoms with Crippen LogP contribution in [0.1, 0.15) is 42.7 Å². The monoisotopic (exact) mass is 384 g/mol. The molecule has 1 aliphatic heterocycles. The zero-order chi connectivity index (χ0) is 17.9. The van der Waals surface area contributed by atoms with Gasteiger partial charge in [-0.15, -0.1) is 10.2 Å². The molecule has 0 N–H and O–H groups in total. The van der Waals surface area contributed by atoms with Crippen molar-refractivity contribution in [2.45, 2.75) is 45.1 Å². The number of aromatic nitrogens is 2. The molecule has 0 atom stereocenters. The van der Waals surface area contributed by atoms with E-state index in [-0.39, 0.29) is 11.9 Å². The second kappa shape index (κ2) is 7.72. The Bertz CT molecular complexity index is 853. The van der Waals surface area contributed by atoms with Crippen molar-refractivity contribution in [3.63, 3.8) is 0 Å². The molecule has 1 aromatic heterocycles. The molecule has 1 aliphatic carbocycles. The summed E-state index contributed by atoms with van der Waals surface area (Å²) in [5, 5.41) is 10.4. The predicted molar refractivity (Wildman–Crippen MR) is 107 cm³/mol. The van der Waals surface area contributed by atoms with Crippen LogP contribution in [0.2, 0.25) is 0 Å². The number of amides is 1. The molecule has 1 saturated carbocycles. The SMILES string of the molecule is Cc1nnc(/N=C2/S/C(=C\c3ccccc3)C(=O)N2C2CCCCC2)s1. The summed E-state index contributed by atoms with van der Waals surface area (Å²) < 4.78 is 0. The van der Waals surface area contributed by atoms with E-state index in [0.717, 1.165) is 33.5 Å². The summed E-state index contributed by atoms with van der Waals surface area (Å²) in [6.45, 7) is 1.91. The van der Waals surface area contributed by atoms with Gasteiger partial charge in [-0.05, 0) is 43.2 Å². The van der Waals surface area contributed by atoms with Crippen molar-refractivity contribution in [2.75, 3.05) is 0 Å². The van der Waals surface area contributed by atoms with E-state index < -0.39 is 0 Å². The van der Waals surface area contributed by atoms with Gasteiger partial charge in [-0.25, -0.2) is 0 Å². The maximum absolute atomic E-state index is 13.1. The van der Waals surface area contributed by atoms with Crippen LogP contribution in [0.15, 0.2) is 40.2 Å². The Morgan fingerprint density at radius 3 is 2.62 bits per heavy atom. The second-order valence-electron chi connectivity index (χ2n) is 6.49. The topological polar surface area (TPSA) is 58.5 Å². The summed E-state index contributed by atoms with van der Waals surface area (Å²) >= 11 is 2.90. The Labute approximate surface area is 161 Å². The molecule has 26 heavy (non-hydrogen) atoms. The van der Waals surface area contributed by atoms with Gasteiger partial charge < -0.3 is 0 Å². The number of aliphatic imine (C=N–C) groups is 1. The summed E-state index contributed by atoms with van der Waals surface area (Å²) in [5.74, 6) is 0.0609. The normalized spacial score (nSPS) is 21.9. The molecule has 1 aromatic carbocycles. The third kappa shape index (κ3) is 3.73. The molecule has 1 saturated heterocycles. The third-order valence-corrected chi connectivity index (χ3v) is 6.30. The highest BCUT2D eigenvalue weighted by Crippen LogP contribution is 2.38. The molecular formula is C19H20N4OS2. The van der Waals surface area contributed by atoms with Gasteiger partial charge in [0.15, 0.2) is 5.17 Å². The lowest BCUT2D eigenvalue weighted by Crippen LogP contribution is -2.40. The number of amidine groups is 1. The van der Waals surface area contributed by atoms with Gasteiger partial charge in [-0.1, -0.05) is 60.9 Å². The lowest BCUT2D eigenvalue weighted by molar-refractivity contribution is -0.124. The van der Waals surface area contributed by atoms with Crippen molar-refractivity contribution < 1.29 is 4.79 Å². The molecule has 5 nitrogen and oxygen atoms in total. The first kappa shape index (κ1) is 17.4. The Morgan fingerprint density at radius 2 is 1.92 bits per heavy atom. The summed E-state index contributed by atoms with van der Waals surface area (Å²) in [5.41, 5.74) is 1.03. The quantitative estimate of drug-likeness (QED) is 0.714. The van der Waals surface area contributed by atoms with E-state index in [4.69, 9.17) is 0 Å². The highest BCUT2D eigenvalue weighted by molar-refractivity contribution is 8.18. The van der Waals surface area contributed by atoms with Gasteiger partial charge in [0, 0.05) is 6.04 Å². The zero-order valence-electron chi connectivity index (χ0n) is 14.6.